The predicted octanol–water partition coefficient (Wildman–Crippen LogP) is 7.97. The third-order valence-electron chi connectivity index (χ3n) is 10.6. The fourth-order valence-electron chi connectivity index (χ4n) is 8.03. The summed E-state index contributed by atoms with van der Waals surface area (Å²) in [7, 11) is -3.33. The molecule has 0 aliphatic carbocycles. The minimum atomic E-state index is -3.33. The Hall–Kier alpha value is -4.15. The lowest BCUT2D eigenvalue weighted by Gasteiger charge is -2.23. The van der Waals surface area contributed by atoms with Gasteiger partial charge < -0.3 is 19.3 Å². The van der Waals surface area contributed by atoms with E-state index in [1.807, 2.05) is 64.4 Å². The maximum absolute atomic E-state index is 13.6. The van der Waals surface area contributed by atoms with Crippen molar-refractivity contribution in [3.63, 3.8) is 0 Å². The van der Waals surface area contributed by atoms with Gasteiger partial charge in [-0.25, -0.2) is 8.42 Å². The maximum Gasteiger partial charge on any atom is 0.245 e. The third-order valence-corrected chi connectivity index (χ3v) is 12.2. The van der Waals surface area contributed by atoms with E-state index >= 15 is 0 Å². The summed E-state index contributed by atoms with van der Waals surface area (Å²) in [5.74, 6) is 1.46. The van der Waals surface area contributed by atoms with Crippen molar-refractivity contribution in [3.05, 3.63) is 112 Å². The summed E-state index contributed by atoms with van der Waals surface area (Å²) in [5.41, 5.74) is 4.17. The van der Waals surface area contributed by atoms with Gasteiger partial charge in [-0.2, -0.15) is 0 Å². The van der Waals surface area contributed by atoms with Gasteiger partial charge in [-0.15, -0.1) is 0 Å². The largest absolute Gasteiger partial charge is 0.491 e. The molecule has 2 atom stereocenters. The average molecular weight is 772 g/mol. The zero-order valence-corrected chi connectivity index (χ0v) is 31.7. The Bertz CT molecular complexity index is 2120. The molecule has 8 rings (SSSR count). The first-order valence-electron chi connectivity index (χ1n) is 17.8. The molecule has 0 aromatic heterocycles. The molecule has 4 aliphatic heterocycles. The number of hydrogen-bond acceptors (Lipinski definition) is 6. The Labute approximate surface area is 308 Å². The van der Waals surface area contributed by atoms with Gasteiger partial charge in [0.2, 0.25) is 11.8 Å². The Morgan fingerprint density at radius 2 is 1.12 bits per heavy atom. The number of halogens is 1. The zero-order valence-electron chi connectivity index (χ0n) is 29.3. The first-order valence-corrected chi connectivity index (χ1v) is 20.5. The number of ether oxygens (including phenoxy) is 2. The molecule has 266 valence electrons. The highest BCUT2D eigenvalue weighted by Gasteiger charge is 2.58. The van der Waals surface area contributed by atoms with Gasteiger partial charge in [0.15, 0.2) is 9.84 Å². The van der Waals surface area contributed by atoms with Crippen LogP contribution in [0, 0.1) is 0 Å². The normalized spacial score (nSPS) is 20.9. The highest BCUT2D eigenvalue weighted by atomic mass is 79.9. The summed E-state index contributed by atoms with van der Waals surface area (Å²) in [6.07, 6.45) is 7.60. The molecule has 0 fully saturated rings. The lowest BCUT2D eigenvalue weighted by molar-refractivity contribution is -0.122. The van der Waals surface area contributed by atoms with Gasteiger partial charge in [-0.1, -0.05) is 104 Å². The van der Waals surface area contributed by atoms with Gasteiger partial charge in [-0.3, -0.25) is 9.59 Å². The van der Waals surface area contributed by atoms with Crippen LogP contribution < -0.4 is 19.3 Å². The summed E-state index contributed by atoms with van der Waals surface area (Å²) in [6.45, 7) is 6.37. The monoisotopic (exact) mass is 770 g/mol. The smallest absolute Gasteiger partial charge is 0.245 e. The summed E-state index contributed by atoms with van der Waals surface area (Å²) >= 11 is 3.49. The number of amides is 2. The highest BCUT2D eigenvalue weighted by molar-refractivity contribution is 9.10. The van der Waals surface area contributed by atoms with Crippen molar-refractivity contribution in [2.24, 2.45) is 0 Å². The van der Waals surface area contributed by atoms with Crippen LogP contribution in [0.4, 0.5) is 11.4 Å². The Morgan fingerprint density at radius 1 is 0.647 bits per heavy atom. The number of rotatable bonds is 9. The molecule has 0 bridgehead atoms. The molecular weight excluding hydrogens is 728 g/mol. The SMILES string of the molecule is CCCCCN1C(=O)C2(COc3cc(Br)ccc32)c2ccccc21.CCCCCN1C(=O)C2(COc3cc(S(C)(=O)=O)ccc32)c2ccccc21. The van der Waals surface area contributed by atoms with E-state index in [4.69, 9.17) is 9.47 Å². The maximum atomic E-state index is 13.6. The molecule has 4 aromatic carbocycles. The lowest BCUT2D eigenvalue weighted by atomic mass is 9.77. The van der Waals surface area contributed by atoms with Crippen LogP contribution in [0.3, 0.4) is 0 Å². The van der Waals surface area contributed by atoms with Crippen LogP contribution in [0.1, 0.15) is 74.6 Å². The van der Waals surface area contributed by atoms with Crippen molar-refractivity contribution < 1.29 is 27.5 Å². The van der Waals surface area contributed by atoms with Gasteiger partial charge in [0.25, 0.3) is 0 Å². The van der Waals surface area contributed by atoms with Crippen molar-refractivity contribution in [2.45, 2.75) is 68.1 Å². The van der Waals surface area contributed by atoms with Gasteiger partial charge in [0.05, 0.1) is 4.90 Å². The molecule has 2 unspecified atom stereocenters. The van der Waals surface area contributed by atoms with E-state index in [1.54, 1.807) is 12.1 Å². The molecular formula is C41H43BrN2O6S. The average Bonchev–Trinajstić information content (AvgIpc) is 3.83. The second kappa shape index (κ2) is 13.8. The number of unbranched alkanes of at least 4 members (excludes halogenated alkanes) is 4. The molecule has 8 nitrogen and oxygen atoms in total. The number of sulfone groups is 1. The van der Waals surface area contributed by atoms with E-state index in [2.05, 4.69) is 41.9 Å². The second-order valence-electron chi connectivity index (χ2n) is 13.8. The number of anilines is 2. The third kappa shape index (κ3) is 5.75. The molecule has 4 aromatic rings. The van der Waals surface area contributed by atoms with Gasteiger partial charge in [0, 0.05) is 46.3 Å². The predicted molar refractivity (Wildman–Crippen MR) is 203 cm³/mol. The number of para-hydroxylation sites is 2. The number of fused-ring (bicyclic) bond motifs is 8. The molecule has 51 heavy (non-hydrogen) atoms. The molecule has 4 heterocycles. The van der Waals surface area contributed by atoms with Crippen LogP contribution in [0.15, 0.2) is 94.3 Å². The number of carbonyl (C=O) groups excluding carboxylic acids is 2. The Kier molecular flexibility index (Phi) is 9.52. The minimum Gasteiger partial charge on any atom is -0.491 e. The molecule has 0 radical (unpaired) electrons. The molecule has 0 saturated carbocycles. The summed E-state index contributed by atoms with van der Waals surface area (Å²) in [6, 6.07) is 26.8. The Balaban J connectivity index is 0.000000160. The van der Waals surface area contributed by atoms with Crippen LogP contribution in [-0.2, 0) is 30.3 Å². The highest BCUT2D eigenvalue weighted by Crippen LogP contribution is 2.54. The van der Waals surface area contributed by atoms with Crippen LogP contribution in [0.5, 0.6) is 11.5 Å². The van der Waals surface area contributed by atoms with E-state index in [0.29, 0.717) is 18.9 Å². The number of hydrogen-bond donors (Lipinski definition) is 0. The van der Waals surface area contributed by atoms with E-state index < -0.39 is 20.7 Å². The number of carbonyl (C=O) groups is 2. The molecule has 0 N–H and O–H groups in total. The molecule has 4 aliphatic rings. The van der Waals surface area contributed by atoms with Gasteiger partial charge in [0.1, 0.15) is 35.5 Å². The first-order chi connectivity index (χ1) is 24.6. The van der Waals surface area contributed by atoms with Crippen LogP contribution in [0.2, 0.25) is 0 Å². The topological polar surface area (TPSA) is 93.2 Å². The van der Waals surface area contributed by atoms with Gasteiger partial charge >= 0.3 is 0 Å². The summed E-state index contributed by atoms with van der Waals surface area (Å²) < 4.78 is 36.5. The quantitative estimate of drug-likeness (QED) is 0.160. The fraction of sp³-hybridized carbons (Fsp3) is 0.366. The molecule has 2 spiro atoms. The van der Waals surface area contributed by atoms with E-state index in [-0.39, 0.29) is 23.3 Å². The minimum absolute atomic E-state index is 0.0191. The van der Waals surface area contributed by atoms with E-state index in [9.17, 15) is 18.0 Å². The number of benzene rings is 4. The lowest BCUT2D eigenvalue weighted by Crippen LogP contribution is -2.42. The van der Waals surface area contributed by atoms with E-state index in [0.717, 1.165) is 88.9 Å². The first kappa shape index (κ1) is 35.3. The number of nitrogens with zero attached hydrogens (tertiary/aromatic N) is 2. The van der Waals surface area contributed by atoms with Crippen molar-refractivity contribution >= 4 is 49.0 Å². The Morgan fingerprint density at radius 3 is 1.61 bits per heavy atom. The molecule has 10 heteroatoms. The summed E-state index contributed by atoms with van der Waals surface area (Å²) in [4.78, 5) is 31.1. The van der Waals surface area contributed by atoms with E-state index in [1.165, 1.54) is 12.3 Å². The van der Waals surface area contributed by atoms with Crippen LogP contribution in [-0.4, -0.2) is 52.8 Å². The van der Waals surface area contributed by atoms with Crippen molar-refractivity contribution in [2.75, 3.05) is 42.4 Å². The molecule has 0 saturated heterocycles. The fourth-order valence-corrected chi connectivity index (χ4v) is 9.01. The summed E-state index contributed by atoms with van der Waals surface area (Å²) in [5, 5.41) is 0. The standard InChI is InChI=1S/C21H23NO4S.C20H20BrNO2/c1-3-4-7-12-22-18-9-6-5-8-16(18)21(20(22)23)14-26-19-13-15(27(2,24)25)10-11-17(19)21;1-2-3-6-11-22-17-8-5-4-7-15(17)20(19(22)23)13-24-18-12-14(21)9-10-16(18)20/h5-6,8-11,13H,3-4,7,12,14H2,1-2H3;4-5,7-10,12H,2-3,6,11,13H2,1H3. The van der Waals surface area contributed by atoms with Crippen LogP contribution >= 0.6 is 15.9 Å². The van der Waals surface area contributed by atoms with Crippen molar-refractivity contribution in [1.82, 2.24) is 0 Å². The van der Waals surface area contributed by atoms with Crippen molar-refractivity contribution in [1.29, 1.82) is 0 Å². The zero-order chi connectivity index (χ0) is 36.0. The van der Waals surface area contributed by atoms with Crippen LogP contribution in [0.25, 0.3) is 0 Å². The molecule has 2 amide bonds. The van der Waals surface area contributed by atoms with Gasteiger partial charge in [-0.05, 0) is 60.4 Å². The second-order valence-corrected chi connectivity index (χ2v) is 16.8. The van der Waals surface area contributed by atoms with Crippen molar-refractivity contribution in [3.8, 4) is 11.5 Å².